The molecule has 5 rings (SSSR count). The van der Waals surface area contributed by atoms with Crippen LogP contribution in [0.2, 0.25) is 0 Å². The van der Waals surface area contributed by atoms with Crippen molar-refractivity contribution in [1.29, 1.82) is 0 Å². The van der Waals surface area contributed by atoms with Gasteiger partial charge in [0.1, 0.15) is 0 Å². The fourth-order valence-corrected chi connectivity index (χ4v) is 6.06. The highest BCUT2D eigenvalue weighted by Crippen LogP contribution is 2.56. The monoisotopic (exact) mass is 262 g/mol. The zero-order valence-corrected chi connectivity index (χ0v) is 12.3. The summed E-state index contributed by atoms with van der Waals surface area (Å²) in [6, 6.07) is 0.444. The van der Waals surface area contributed by atoms with Crippen molar-refractivity contribution in [3.05, 3.63) is 0 Å². The Morgan fingerprint density at radius 1 is 0.895 bits per heavy atom. The minimum atomic E-state index is 0.444. The van der Waals surface area contributed by atoms with E-state index >= 15 is 0 Å². The van der Waals surface area contributed by atoms with Crippen molar-refractivity contribution in [1.82, 2.24) is 4.90 Å². The lowest BCUT2D eigenvalue weighted by molar-refractivity contribution is -0.0490. The van der Waals surface area contributed by atoms with Gasteiger partial charge in [0.15, 0.2) is 0 Å². The Bertz CT molecular complexity index is 299. The van der Waals surface area contributed by atoms with Crippen molar-refractivity contribution in [2.75, 3.05) is 19.6 Å². The number of hydrogen-bond donors (Lipinski definition) is 1. The van der Waals surface area contributed by atoms with Gasteiger partial charge in [-0.15, -0.1) is 0 Å². The van der Waals surface area contributed by atoms with Gasteiger partial charge in [-0.2, -0.15) is 0 Å². The zero-order chi connectivity index (χ0) is 12.8. The first-order valence-corrected chi connectivity index (χ1v) is 8.76. The second kappa shape index (κ2) is 5.04. The third-order valence-corrected chi connectivity index (χ3v) is 6.68. The smallest absolute Gasteiger partial charge is 0.0167 e. The number of likely N-dealkylation sites (tertiary alicyclic amines) is 1. The van der Waals surface area contributed by atoms with Crippen LogP contribution in [0.15, 0.2) is 0 Å². The van der Waals surface area contributed by atoms with Crippen LogP contribution in [0.4, 0.5) is 0 Å². The summed E-state index contributed by atoms with van der Waals surface area (Å²) in [7, 11) is 0. The van der Waals surface area contributed by atoms with Gasteiger partial charge < -0.3 is 10.6 Å². The van der Waals surface area contributed by atoms with Crippen LogP contribution in [0.5, 0.6) is 0 Å². The van der Waals surface area contributed by atoms with Crippen LogP contribution < -0.4 is 5.73 Å². The molecule has 2 N–H and O–H groups in total. The van der Waals surface area contributed by atoms with Crippen molar-refractivity contribution in [3.8, 4) is 0 Å². The average molecular weight is 262 g/mol. The molecule has 2 heteroatoms. The maximum absolute atomic E-state index is 6.23. The predicted molar refractivity (Wildman–Crippen MR) is 78.8 cm³/mol. The molecular weight excluding hydrogens is 232 g/mol. The molecule has 0 spiro atoms. The van der Waals surface area contributed by atoms with E-state index in [1.807, 2.05) is 0 Å². The molecular formula is C17H30N2. The summed E-state index contributed by atoms with van der Waals surface area (Å²) in [6.45, 7) is 3.86. The molecule has 1 atom stereocenters. The predicted octanol–water partition coefficient (Wildman–Crippen LogP) is 2.87. The highest BCUT2D eigenvalue weighted by molar-refractivity contribution is 4.99. The first-order valence-electron chi connectivity index (χ1n) is 8.76. The van der Waals surface area contributed by atoms with Gasteiger partial charge >= 0.3 is 0 Å². The van der Waals surface area contributed by atoms with E-state index in [-0.39, 0.29) is 0 Å². The van der Waals surface area contributed by atoms with E-state index in [1.165, 1.54) is 38.9 Å². The Hall–Kier alpha value is -0.0800. The molecule has 4 saturated carbocycles. The van der Waals surface area contributed by atoms with Gasteiger partial charge in [0.25, 0.3) is 0 Å². The lowest BCUT2D eigenvalue weighted by Gasteiger charge is -2.55. The number of nitrogens with zero attached hydrogens (tertiary/aromatic N) is 1. The van der Waals surface area contributed by atoms with Gasteiger partial charge in [-0.1, -0.05) is 6.42 Å². The van der Waals surface area contributed by atoms with E-state index in [0.29, 0.717) is 6.04 Å². The molecule has 4 aliphatic carbocycles. The van der Waals surface area contributed by atoms with Crippen LogP contribution in [-0.4, -0.2) is 30.6 Å². The second-order valence-electron chi connectivity index (χ2n) is 8.11. The van der Waals surface area contributed by atoms with Crippen LogP contribution in [0.25, 0.3) is 0 Å². The Balaban J connectivity index is 1.42. The minimum Gasteiger partial charge on any atom is -0.327 e. The minimum absolute atomic E-state index is 0.444. The Labute approximate surface area is 118 Å². The molecule has 5 aliphatic rings. The van der Waals surface area contributed by atoms with Crippen molar-refractivity contribution in [2.45, 2.75) is 57.4 Å². The Morgan fingerprint density at radius 2 is 1.58 bits per heavy atom. The fraction of sp³-hybridized carbons (Fsp3) is 1.00. The molecule has 108 valence electrons. The third kappa shape index (κ3) is 2.47. The molecule has 0 amide bonds. The lowest BCUT2D eigenvalue weighted by Crippen LogP contribution is -2.50. The molecule has 4 bridgehead atoms. The van der Waals surface area contributed by atoms with E-state index in [0.717, 1.165) is 29.6 Å². The van der Waals surface area contributed by atoms with Crippen LogP contribution in [-0.2, 0) is 0 Å². The summed E-state index contributed by atoms with van der Waals surface area (Å²) in [5.41, 5.74) is 6.23. The zero-order valence-electron chi connectivity index (χ0n) is 12.3. The quantitative estimate of drug-likeness (QED) is 0.829. The highest BCUT2D eigenvalue weighted by Gasteiger charge is 2.48. The summed E-state index contributed by atoms with van der Waals surface area (Å²) in [6.07, 6.45) is 11.8. The number of rotatable bonds is 2. The summed E-state index contributed by atoms with van der Waals surface area (Å²) in [4.78, 5) is 2.73. The largest absolute Gasteiger partial charge is 0.327 e. The topological polar surface area (TPSA) is 29.3 Å². The van der Waals surface area contributed by atoms with Gasteiger partial charge in [0, 0.05) is 19.1 Å². The van der Waals surface area contributed by atoms with Crippen LogP contribution in [0.1, 0.15) is 51.4 Å². The first-order chi connectivity index (χ1) is 9.28. The van der Waals surface area contributed by atoms with E-state index in [2.05, 4.69) is 4.90 Å². The van der Waals surface area contributed by atoms with Gasteiger partial charge in [-0.05, 0) is 81.1 Å². The molecule has 0 aromatic rings. The van der Waals surface area contributed by atoms with Gasteiger partial charge in [-0.3, -0.25) is 0 Å². The van der Waals surface area contributed by atoms with E-state index in [1.54, 1.807) is 32.1 Å². The summed E-state index contributed by atoms with van der Waals surface area (Å²) in [5.74, 6) is 5.42. The molecule has 1 saturated heterocycles. The summed E-state index contributed by atoms with van der Waals surface area (Å²) < 4.78 is 0. The molecule has 5 fully saturated rings. The average Bonchev–Trinajstić information content (AvgIpc) is 2.57. The normalized spacial score (nSPS) is 50.4. The van der Waals surface area contributed by atoms with Crippen LogP contribution in [0, 0.1) is 29.6 Å². The lowest BCUT2D eigenvalue weighted by atomic mass is 9.52. The van der Waals surface area contributed by atoms with Crippen LogP contribution in [0.3, 0.4) is 0 Å². The molecule has 1 heterocycles. The standard InChI is InChI=1S/C17H30N2/c18-16-3-1-2-4-19(10-16)11-17-14-6-12-5-13(8-14)9-15(17)7-12/h12-17H,1-11,18H2. The SMILES string of the molecule is NC1CCCCN(CC2C3CC4CC(C3)CC2C4)C1. The Kier molecular flexibility index (Phi) is 3.35. The molecule has 1 aliphatic heterocycles. The van der Waals surface area contributed by atoms with E-state index in [4.69, 9.17) is 5.73 Å². The second-order valence-corrected chi connectivity index (χ2v) is 8.11. The van der Waals surface area contributed by atoms with Crippen molar-refractivity contribution in [3.63, 3.8) is 0 Å². The molecule has 0 aromatic heterocycles. The van der Waals surface area contributed by atoms with Gasteiger partial charge in [-0.25, -0.2) is 0 Å². The number of hydrogen-bond acceptors (Lipinski definition) is 2. The fourth-order valence-electron chi connectivity index (χ4n) is 6.06. The highest BCUT2D eigenvalue weighted by atomic mass is 15.1. The molecule has 0 radical (unpaired) electrons. The maximum Gasteiger partial charge on any atom is 0.0167 e. The van der Waals surface area contributed by atoms with Gasteiger partial charge in [0.05, 0.1) is 0 Å². The number of nitrogens with two attached hydrogens (primary N) is 1. The third-order valence-electron chi connectivity index (χ3n) is 6.68. The van der Waals surface area contributed by atoms with E-state index < -0.39 is 0 Å². The van der Waals surface area contributed by atoms with Crippen molar-refractivity contribution >= 4 is 0 Å². The summed E-state index contributed by atoms with van der Waals surface area (Å²) in [5, 5.41) is 0. The van der Waals surface area contributed by atoms with E-state index in [9.17, 15) is 0 Å². The van der Waals surface area contributed by atoms with Gasteiger partial charge in [0.2, 0.25) is 0 Å². The molecule has 19 heavy (non-hydrogen) atoms. The molecule has 1 unspecified atom stereocenters. The molecule has 2 nitrogen and oxygen atoms in total. The molecule has 0 aromatic carbocycles. The van der Waals surface area contributed by atoms with Crippen molar-refractivity contribution in [2.24, 2.45) is 35.3 Å². The maximum atomic E-state index is 6.23. The summed E-state index contributed by atoms with van der Waals surface area (Å²) >= 11 is 0. The Morgan fingerprint density at radius 3 is 2.26 bits per heavy atom. The van der Waals surface area contributed by atoms with Crippen LogP contribution >= 0.6 is 0 Å². The van der Waals surface area contributed by atoms with Crippen molar-refractivity contribution < 1.29 is 0 Å². The first kappa shape index (κ1) is 12.6.